The highest BCUT2D eigenvalue weighted by molar-refractivity contribution is 6.35. The van der Waals surface area contributed by atoms with Crippen LogP contribution in [0.2, 0.25) is 0 Å². The van der Waals surface area contributed by atoms with Crippen molar-refractivity contribution in [2.45, 2.75) is 31.4 Å². The number of rotatable bonds is 0. The molecular weight excluding hydrogens is 246 g/mol. The van der Waals surface area contributed by atoms with Crippen LogP contribution in [0.5, 0.6) is 0 Å². The van der Waals surface area contributed by atoms with Gasteiger partial charge in [0.2, 0.25) is 0 Å². The summed E-state index contributed by atoms with van der Waals surface area (Å²) < 4.78 is 5.68. The molecule has 3 fully saturated rings. The molecule has 6 heteroatoms. The summed E-state index contributed by atoms with van der Waals surface area (Å²) >= 11 is 0. The predicted molar refractivity (Wildman–Crippen MR) is 68.5 cm³/mol. The van der Waals surface area contributed by atoms with Gasteiger partial charge in [0.15, 0.2) is 0 Å². The quantitative estimate of drug-likeness (QED) is 0.584. The molecule has 0 aromatic heterocycles. The minimum absolute atomic E-state index is 0.119. The number of ether oxygens (including phenoxy) is 1. The molecule has 0 bridgehead atoms. The van der Waals surface area contributed by atoms with Crippen molar-refractivity contribution in [2.24, 2.45) is 0 Å². The van der Waals surface area contributed by atoms with Gasteiger partial charge in [-0.15, -0.1) is 0 Å². The predicted octanol–water partition coefficient (Wildman–Crippen LogP) is -0.802. The van der Waals surface area contributed by atoms with E-state index < -0.39 is 0 Å². The number of nitrogens with one attached hydrogen (secondary N) is 1. The van der Waals surface area contributed by atoms with Crippen molar-refractivity contribution in [3.05, 3.63) is 0 Å². The first-order valence-corrected chi connectivity index (χ1v) is 7.19. The maximum absolute atomic E-state index is 12.4. The third-order valence-corrected chi connectivity index (χ3v) is 4.33. The van der Waals surface area contributed by atoms with Gasteiger partial charge in [-0.2, -0.15) is 0 Å². The van der Waals surface area contributed by atoms with Gasteiger partial charge in [-0.3, -0.25) is 9.59 Å². The lowest BCUT2D eigenvalue weighted by atomic mass is 10.1. The molecule has 2 unspecified atom stereocenters. The van der Waals surface area contributed by atoms with Crippen molar-refractivity contribution in [3.63, 3.8) is 0 Å². The summed E-state index contributed by atoms with van der Waals surface area (Å²) in [5.41, 5.74) is 0. The first-order valence-electron chi connectivity index (χ1n) is 7.19. The summed E-state index contributed by atoms with van der Waals surface area (Å²) in [5, 5.41) is 3.19. The van der Waals surface area contributed by atoms with Gasteiger partial charge in [-0.05, 0) is 19.3 Å². The zero-order valence-electron chi connectivity index (χ0n) is 11.1. The maximum atomic E-state index is 12.4. The monoisotopic (exact) mass is 267 g/mol. The van der Waals surface area contributed by atoms with Crippen LogP contribution in [0.4, 0.5) is 0 Å². The smallest absolute Gasteiger partial charge is 0.312 e. The topological polar surface area (TPSA) is 61.9 Å². The van der Waals surface area contributed by atoms with Crippen molar-refractivity contribution in [3.8, 4) is 0 Å². The van der Waals surface area contributed by atoms with E-state index in [9.17, 15) is 9.59 Å². The summed E-state index contributed by atoms with van der Waals surface area (Å²) in [4.78, 5) is 28.1. The van der Waals surface area contributed by atoms with E-state index in [0.717, 1.165) is 32.4 Å². The minimum atomic E-state index is -0.339. The van der Waals surface area contributed by atoms with E-state index in [1.54, 1.807) is 9.80 Å². The number of hydrogen-bond acceptors (Lipinski definition) is 4. The van der Waals surface area contributed by atoms with E-state index in [4.69, 9.17) is 4.74 Å². The van der Waals surface area contributed by atoms with Crippen molar-refractivity contribution < 1.29 is 14.3 Å². The van der Waals surface area contributed by atoms with Crippen LogP contribution >= 0.6 is 0 Å². The molecule has 6 nitrogen and oxygen atoms in total. The van der Waals surface area contributed by atoms with E-state index in [1.807, 2.05) is 0 Å². The van der Waals surface area contributed by atoms with E-state index in [1.165, 1.54) is 0 Å². The average Bonchev–Trinajstić information content (AvgIpc) is 2.95. The molecular formula is C13H21N3O3. The Morgan fingerprint density at radius 3 is 2.63 bits per heavy atom. The first kappa shape index (κ1) is 12.9. The summed E-state index contributed by atoms with van der Waals surface area (Å²) in [6, 6.07) is 0.119. The van der Waals surface area contributed by atoms with Gasteiger partial charge in [0.05, 0.1) is 18.8 Å². The lowest BCUT2D eigenvalue weighted by molar-refractivity contribution is -0.159. The van der Waals surface area contributed by atoms with Crippen LogP contribution in [0.1, 0.15) is 19.3 Å². The van der Waals surface area contributed by atoms with Crippen LogP contribution in [0.15, 0.2) is 0 Å². The fraction of sp³-hybridized carbons (Fsp3) is 0.846. The van der Waals surface area contributed by atoms with E-state index in [0.29, 0.717) is 26.2 Å². The molecule has 2 amide bonds. The van der Waals surface area contributed by atoms with E-state index in [-0.39, 0.29) is 24.0 Å². The molecule has 0 spiro atoms. The fourth-order valence-electron chi connectivity index (χ4n) is 3.30. The number of hydrogen-bond donors (Lipinski definition) is 1. The number of morpholine rings is 1. The Bertz CT molecular complexity index is 368. The van der Waals surface area contributed by atoms with E-state index >= 15 is 0 Å². The highest BCUT2D eigenvalue weighted by Crippen LogP contribution is 2.29. The molecule has 3 rings (SSSR count). The number of fused-ring (bicyclic) bond motifs is 1. The molecule has 1 N–H and O–H groups in total. The average molecular weight is 267 g/mol. The molecule has 3 aliphatic rings. The molecule has 2 aliphatic heterocycles. The Balaban J connectivity index is 1.66. The van der Waals surface area contributed by atoms with E-state index in [2.05, 4.69) is 5.32 Å². The second-order valence-electron chi connectivity index (χ2n) is 5.45. The second kappa shape index (κ2) is 5.46. The molecule has 0 radical (unpaired) electrons. The zero-order valence-corrected chi connectivity index (χ0v) is 11.1. The number of carbonyl (C=O) groups excluding carboxylic acids is 2. The number of piperazine rings is 1. The highest BCUT2D eigenvalue weighted by Gasteiger charge is 2.41. The summed E-state index contributed by atoms with van der Waals surface area (Å²) in [6.07, 6.45) is 3.20. The Morgan fingerprint density at radius 2 is 1.84 bits per heavy atom. The standard InChI is InChI=1S/C13H21N3O3/c17-12(15-6-4-14-5-7-15)13(18)16-8-9-19-11-3-1-2-10(11)16/h10-11,14H,1-9H2. The van der Waals surface area contributed by atoms with Crippen molar-refractivity contribution in [2.75, 3.05) is 39.3 Å². The summed E-state index contributed by atoms with van der Waals surface area (Å²) in [7, 11) is 0. The van der Waals surface area contributed by atoms with Crippen LogP contribution in [0, 0.1) is 0 Å². The fourth-order valence-corrected chi connectivity index (χ4v) is 3.30. The molecule has 0 aromatic carbocycles. The Hall–Kier alpha value is -1.14. The van der Waals surface area contributed by atoms with Gasteiger partial charge in [0.25, 0.3) is 0 Å². The number of carbonyl (C=O) groups is 2. The Labute approximate surface area is 113 Å². The van der Waals surface area contributed by atoms with Crippen LogP contribution in [0.25, 0.3) is 0 Å². The zero-order chi connectivity index (χ0) is 13.2. The van der Waals surface area contributed by atoms with Crippen LogP contribution in [0.3, 0.4) is 0 Å². The van der Waals surface area contributed by atoms with Gasteiger partial charge in [-0.1, -0.05) is 0 Å². The molecule has 2 saturated heterocycles. The highest BCUT2D eigenvalue weighted by atomic mass is 16.5. The minimum Gasteiger partial charge on any atom is -0.374 e. The van der Waals surface area contributed by atoms with Gasteiger partial charge in [-0.25, -0.2) is 0 Å². The first-order chi connectivity index (χ1) is 9.27. The lowest BCUT2D eigenvalue weighted by Gasteiger charge is -2.38. The van der Waals surface area contributed by atoms with Crippen LogP contribution in [-0.2, 0) is 14.3 Å². The Morgan fingerprint density at radius 1 is 1.05 bits per heavy atom. The lowest BCUT2D eigenvalue weighted by Crippen LogP contribution is -2.57. The van der Waals surface area contributed by atoms with Gasteiger partial charge in [0, 0.05) is 32.7 Å². The van der Waals surface area contributed by atoms with Crippen LogP contribution in [-0.4, -0.2) is 73.1 Å². The molecule has 106 valence electrons. The SMILES string of the molecule is O=C(C(=O)N1CCOC2CCCC21)N1CCNCC1. The third kappa shape index (κ3) is 2.47. The van der Waals surface area contributed by atoms with Crippen LogP contribution < -0.4 is 5.32 Å². The normalized spacial score (nSPS) is 31.2. The van der Waals surface area contributed by atoms with Gasteiger partial charge in [0.1, 0.15) is 0 Å². The van der Waals surface area contributed by atoms with Crippen molar-refractivity contribution >= 4 is 11.8 Å². The van der Waals surface area contributed by atoms with Gasteiger partial charge < -0.3 is 19.9 Å². The molecule has 2 atom stereocenters. The van der Waals surface area contributed by atoms with Gasteiger partial charge >= 0.3 is 11.8 Å². The number of nitrogens with zero attached hydrogens (tertiary/aromatic N) is 2. The largest absolute Gasteiger partial charge is 0.374 e. The molecule has 1 aliphatic carbocycles. The summed E-state index contributed by atoms with van der Waals surface area (Å²) in [6.45, 7) is 3.91. The van der Waals surface area contributed by atoms with Crippen molar-refractivity contribution in [1.82, 2.24) is 15.1 Å². The second-order valence-corrected chi connectivity index (χ2v) is 5.45. The van der Waals surface area contributed by atoms with Crippen molar-refractivity contribution in [1.29, 1.82) is 0 Å². The molecule has 2 heterocycles. The number of amides is 2. The molecule has 1 saturated carbocycles. The third-order valence-electron chi connectivity index (χ3n) is 4.33. The maximum Gasteiger partial charge on any atom is 0.312 e. The molecule has 19 heavy (non-hydrogen) atoms. The Kier molecular flexibility index (Phi) is 3.70. The molecule has 0 aromatic rings. The summed E-state index contributed by atoms with van der Waals surface area (Å²) in [5.74, 6) is -0.670.